The Morgan fingerprint density at radius 2 is 0.603 bits per heavy atom. The molecule has 0 aromatic heterocycles. The number of esters is 1. The average molecular weight is 1100 g/mol. The number of aliphatic hydroxyl groups excluding tert-OH is 2. The van der Waals surface area contributed by atoms with Crippen LogP contribution in [-0.2, 0) is 14.3 Å². The van der Waals surface area contributed by atoms with Crippen molar-refractivity contribution in [3.63, 3.8) is 0 Å². The van der Waals surface area contributed by atoms with E-state index in [-0.39, 0.29) is 18.5 Å². The lowest BCUT2D eigenvalue weighted by molar-refractivity contribution is -0.143. The van der Waals surface area contributed by atoms with Crippen molar-refractivity contribution in [2.75, 3.05) is 13.2 Å². The highest BCUT2D eigenvalue weighted by atomic mass is 16.5. The van der Waals surface area contributed by atoms with E-state index >= 15 is 0 Å². The minimum absolute atomic E-state index is 0.00809. The second kappa shape index (κ2) is 67.8. The van der Waals surface area contributed by atoms with Crippen LogP contribution in [0, 0.1) is 0 Å². The van der Waals surface area contributed by atoms with Gasteiger partial charge in [-0.15, -0.1) is 0 Å². The number of allylic oxidation sites excluding steroid dienone is 3. The molecule has 0 aliphatic heterocycles. The summed E-state index contributed by atoms with van der Waals surface area (Å²) in [4.78, 5) is 24.6. The number of hydrogen-bond donors (Lipinski definition) is 3. The Kier molecular flexibility index (Phi) is 66.4. The minimum Gasteiger partial charge on any atom is -0.466 e. The lowest BCUT2D eigenvalue weighted by Gasteiger charge is -2.20. The molecule has 0 aliphatic rings. The molecule has 78 heavy (non-hydrogen) atoms. The molecule has 2 atom stereocenters. The van der Waals surface area contributed by atoms with Crippen LogP contribution < -0.4 is 5.32 Å². The molecule has 0 rings (SSSR count). The van der Waals surface area contributed by atoms with Crippen LogP contribution in [-0.4, -0.2) is 47.4 Å². The van der Waals surface area contributed by atoms with Crippen LogP contribution in [0.25, 0.3) is 0 Å². The van der Waals surface area contributed by atoms with E-state index in [0.717, 1.165) is 44.9 Å². The summed E-state index contributed by atoms with van der Waals surface area (Å²) >= 11 is 0. The maximum Gasteiger partial charge on any atom is 0.305 e. The summed E-state index contributed by atoms with van der Waals surface area (Å²) in [6.45, 7) is 4.94. The van der Waals surface area contributed by atoms with E-state index < -0.39 is 12.1 Å². The highest BCUT2D eigenvalue weighted by molar-refractivity contribution is 5.76. The van der Waals surface area contributed by atoms with E-state index in [1.165, 1.54) is 327 Å². The monoisotopic (exact) mass is 1100 g/mol. The maximum atomic E-state index is 12.5. The Labute approximate surface area is 488 Å². The molecule has 0 aromatic carbocycles. The Balaban J connectivity index is 3.41. The average Bonchev–Trinajstić information content (AvgIpc) is 3.44. The van der Waals surface area contributed by atoms with Crippen molar-refractivity contribution < 1.29 is 24.5 Å². The molecule has 0 radical (unpaired) electrons. The summed E-state index contributed by atoms with van der Waals surface area (Å²) in [5.74, 6) is -0.0574. The molecule has 0 saturated heterocycles. The molecule has 0 fully saturated rings. The summed E-state index contributed by atoms with van der Waals surface area (Å²) in [5.41, 5.74) is 0. The first-order valence-electron chi connectivity index (χ1n) is 35.6. The van der Waals surface area contributed by atoms with Gasteiger partial charge in [-0.2, -0.15) is 0 Å². The number of carbonyl (C=O) groups is 2. The van der Waals surface area contributed by atoms with Crippen LogP contribution in [0.5, 0.6) is 0 Å². The quantitative estimate of drug-likeness (QED) is 0.0320. The third-order valence-electron chi connectivity index (χ3n) is 16.7. The number of carbonyl (C=O) groups excluding carboxylic acids is 2. The molecule has 0 heterocycles. The highest BCUT2D eigenvalue weighted by Crippen LogP contribution is 2.19. The van der Waals surface area contributed by atoms with Crippen molar-refractivity contribution in [1.82, 2.24) is 5.32 Å². The van der Waals surface area contributed by atoms with Crippen LogP contribution in [0.1, 0.15) is 399 Å². The summed E-state index contributed by atoms with van der Waals surface area (Å²) in [6.07, 6.45) is 85.3. The van der Waals surface area contributed by atoms with Crippen molar-refractivity contribution in [1.29, 1.82) is 0 Å². The standard InChI is InChI=1S/C72H139NO5/c1-3-5-7-9-11-13-15-17-19-21-23-24-25-26-29-32-36-40-44-48-52-56-60-64-70(75)69(68-74)73-71(76)65-61-57-53-49-45-41-37-33-30-27-28-31-35-39-43-47-51-55-59-63-67-78-72(77)66-62-58-54-50-46-42-38-34-22-20-18-16-14-12-10-8-6-4-2/h20,22,60,64,69-70,74-75H,3-19,21,23-59,61-63,65-68H2,1-2H3,(H,73,76)/b22-20-,64-60+. The van der Waals surface area contributed by atoms with Gasteiger partial charge in [-0.05, 0) is 57.8 Å². The van der Waals surface area contributed by atoms with Crippen molar-refractivity contribution >= 4 is 11.9 Å². The SMILES string of the molecule is CCCCCCCCC/C=C\CCCCCCCCCC(=O)OCCCCCCCCCCCCCCCCCCCCCCC(=O)NC(CO)C(O)/C=C/CCCCCCCCCCCCCCCCCCCCCCC. The second-order valence-electron chi connectivity index (χ2n) is 24.6. The van der Waals surface area contributed by atoms with Crippen LogP contribution in [0.15, 0.2) is 24.3 Å². The Morgan fingerprint density at radius 3 is 0.910 bits per heavy atom. The number of rotatable bonds is 67. The van der Waals surface area contributed by atoms with Crippen LogP contribution >= 0.6 is 0 Å². The number of hydrogen-bond acceptors (Lipinski definition) is 5. The lowest BCUT2D eigenvalue weighted by Crippen LogP contribution is -2.45. The molecule has 0 aromatic rings. The molecule has 2 unspecified atom stereocenters. The van der Waals surface area contributed by atoms with Gasteiger partial charge in [0, 0.05) is 12.8 Å². The van der Waals surface area contributed by atoms with E-state index in [4.69, 9.17) is 4.74 Å². The first kappa shape index (κ1) is 76.3. The van der Waals surface area contributed by atoms with Gasteiger partial charge in [0.05, 0.1) is 25.4 Å². The van der Waals surface area contributed by atoms with Gasteiger partial charge >= 0.3 is 5.97 Å². The van der Waals surface area contributed by atoms with Crippen LogP contribution in [0.3, 0.4) is 0 Å². The minimum atomic E-state index is -0.847. The molecular weight excluding hydrogens is 959 g/mol. The maximum absolute atomic E-state index is 12.5. The van der Waals surface area contributed by atoms with E-state index in [2.05, 4.69) is 31.3 Å². The Bertz CT molecular complexity index is 1220. The van der Waals surface area contributed by atoms with Gasteiger partial charge in [0.1, 0.15) is 0 Å². The summed E-state index contributed by atoms with van der Waals surface area (Å²) in [7, 11) is 0. The van der Waals surface area contributed by atoms with E-state index in [1.54, 1.807) is 6.08 Å². The van der Waals surface area contributed by atoms with Crippen LogP contribution in [0.2, 0.25) is 0 Å². The Hall–Kier alpha value is -1.66. The van der Waals surface area contributed by atoms with Crippen LogP contribution in [0.4, 0.5) is 0 Å². The number of aliphatic hydroxyl groups is 2. The van der Waals surface area contributed by atoms with Gasteiger partial charge in [-0.3, -0.25) is 9.59 Å². The third-order valence-corrected chi connectivity index (χ3v) is 16.7. The number of amides is 1. The zero-order valence-electron chi connectivity index (χ0n) is 52.9. The second-order valence-corrected chi connectivity index (χ2v) is 24.6. The molecule has 0 bridgehead atoms. The number of nitrogens with one attached hydrogen (secondary N) is 1. The zero-order valence-corrected chi connectivity index (χ0v) is 52.9. The lowest BCUT2D eigenvalue weighted by atomic mass is 10.0. The smallest absolute Gasteiger partial charge is 0.305 e. The van der Waals surface area contributed by atoms with Gasteiger partial charge in [-0.1, -0.05) is 353 Å². The van der Waals surface area contributed by atoms with Gasteiger partial charge < -0.3 is 20.3 Å². The normalized spacial score (nSPS) is 12.6. The third kappa shape index (κ3) is 63.5. The number of unbranched alkanes of at least 4 members (excludes halogenated alkanes) is 54. The first-order chi connectivity index (χ1) is 38.5. The van der Waals surface area contributed by atoms with Gasteiger partial charge in [0.25, 0.3) is 0 Å². The summed E-state index contributed by atoms with van der Waals surface area (Å²) in [5, 5.41) is 23.3. The van der Waals surface area contributed by atoms with Gasteiger partial charge in [0.15, 0.2) is 0 Å². The zero-order chi connectivity index (χ0) is 56.4. The van der Waals surface area contributed by atoms with Gasteiger partial charge in [0.2, 0.25) is 5.91 Å². The summed E-state index contributed by atoms with van der Waals surface area (Å²) < 4.78 is 5.50. The first-order valence-corrected chi connectivity index (χ1v) is 35.6. The fraction of sp³-hybridized carbons (Fsp3) is 0.917. The van der Waals surface area contributed by atoms with Crippen molar-refractivity contribution in [2.45, 2.75) is 411 Å². The molecule has 6 nitrogen and oxygen atoms in total. The molecule has 1 amide bonds. The van der Waals surface area contributed by atoms with E-state index in [9.17, 15) is 19.8 Å². The van der Waals surface area contributed by atoms with E-state index in [0.29, 0.717) is 19.4 Å². The largest absolute Gasteiger partial charge is 0.466 e. The van der Waals surface area contributed by atoms with E-state index in [1.807, 2.05) is 6.08 Å². The van der Waals surface area contributed by atoms with Crippen molar-refractivity contribution in [2.24, 2.45) is 0 Å². The Morgan fingerprint density at radius 1 is 0.346 bits per heavy atom. The topological polar surface area (TPSA) is 95.9 Å². The predicted octanol–water partition coefficient (Wildman–Crippen LogP) is 22.9. The number of ether oxygens (including phenoxy) is 1. The molecule has 0 spiro atoms. The van der Waals surface area contributed by atoms with Crippen molar-refractivity contribution in [3.8, 4) is 0 Å². The molecular formula is C72H139NO5. The summed E-state index contributed by atoms with van der Waals surface area (Å²) in [6, 6.07) is -0.631. The highest BCUT2D eigenvalue weighted by Gasteiger charge is 2.18. The molecule has 0 saturated carbocycles. The predicted molar refractivity (Wildman–Crippen MR) is 343 cm³/mol. The fourth-order valence-electron chi connectivity index (χ4n) is 11.3. The molecule has 6 heteroatoms. The molecule has 462 valence electrons. The van der Waals surface area contributed by atoms with Gasteiger partial charge in [-0.25, -0.2) is 0 Å². The molecule has 3 N–H and O–H groups in total. The molecule has 0 aliphatic carbocycles. The van der Waals surface area contributed by atoms with Crippen molar-refractivity contribution in [3.05, 3.63) is 24.3 Å². The fourth-order valence-corrected chi connectivity index (χ4v) is 11.3.